The van der Waals surface area contributed by atoms with Gasteiger partial charge in [-0.25, -0.2) is 4.98 Å². The fourth-order valence-electron chi connectivity index (χ4n) is 1.03. The highest BCUT2D eigenvalue weighted by Gasteiger charge is 2.19. The van der Waals surface area contributed by atoms with Gasteiger partial charge in [0.25, 0.3) is 0 Å². The zero-order valence-corrected chi connectivity index (χ0v) is 9.09. The minimum absolute atomic E-state index is 0.193. The number of halogens is 1. The lowest BCUT2D eigenvalue weighted by Crippen LogP contribution is -2.29. The minimum atomic E-state index is 0.193. The van der Waals surface area contributed by atoms with Crippen molar-refractivity contribution in [3.63, 3.8) is 0 Å². The van der Waals surface area contributed by atoms with E-state index in [4.69, 9.17) is 5.73 Å². The normalized spacial score (nSPS) is 22.1. The Morgan fingerprint density at radius 1 is 1.75 bits per heavy atom. The highest BCUT2D eigenvalue weighted by molar-refractivity contribution is 14.1. The molecule has 64 valence electrons. The lowest BCUT2D eigenvalue weighted by Gasteiger charge is -2.04. The largest absolute Gasteiger partial charge is 0.370 e. The van der Waals surface area contributed by atoms with Gasteiger partial charge in [-0.15, -0.1) is 11.3 Å². The Hall–Kier alpha value is -0.370. The van der Waals surface area contributed by atoms with Gasteiger partial charge in [0.2, 0.25) is 0 Å². The van der Waals surface area contributed by atoms with E-state index in [1.807, 2.05) is 6.20 Å². The van der Waals surface area contributed by atoms with E-state index in [1.54, 1.807) is 11.3 Å². The summed E-state index contributed by atoms with van der Waals surface area (Å²) < 4.78 is 1.19. The van der Waals surface area contributed by atoms with Crippen molar-refractivity contribution in [2.24, 2.45) is 10.7 Å². The number of nitrogens with zero attached hydrogens (tertiary/aromatic N) is 2. The Bertz CT molecular complexity index is 321. The van der Waals surface area contributed by atoms with Crippen LogP contribution in [0.1, 0.15) is 11.0 Å². The smallest absolute Gasteiger partial charge is 0.189 e. The van der Waals surface area contributed by atoms with Gasteiger partial charge in [0.15, 0.2) is 5.96 Å². The van der Waals surface area contributed by atoms with E-state index in [0.717, 1.165) is 5.01 Å². The average Bonchev–Trinajstić information content (AvgIpc) is 2.58. The van der Waals surface area contributed by atoms with Crippen molar-refractivity contribution in [2.75, 3.05) is 6.54 Å². The van der Waals surface area contributed by atoms with Crippen molar-refractivity contribution in [2.45, 2.75) is 6.04 Å². The van der Waals surface area contributed by atoms with Crippen LogP contribution in [0.15, 0.2) is 11.2 Å². The molecule has 1 unspecified atom stereocenters. The summed E-state index contributed by atoms with van der Waals surface area (Å²) in [6.07, 6.45) is 1.86. The average molecular weight is 294 g/mol. The lowest BCUT2D eigenvalue weighted by molar-refractivity contribution is 0.701. The van der Waals surface area contributed by atoms with Gasteiger partial charge in [0.05, 0.1) is 15.6 Å². The van der Waals surface area contributed by atoms with Gasteiger partial charge >= 0.3 is 0 Å². The Labute approximate surface area is 87.4 Å². The number of guanidine groups is 1. The van der Waals surface area contributed by atoms with E-state index < -0.39 is 0 Å². The zero-order valence-electron chi connectivity index (χ0n) is 6.12. The summed E-state index contributed by atoms with van der Waals surface area (Å²) in [7, 11) is 0. The molecule has 0 spiro atoms. The molecule has 2 heterocycles. The Morgan fingerprint density at radius 2 is 2.58 bits per heavy atom. The van der Waals surface area contributed by atoms with Gasteiger partial charge in [0.1, 0.15) is 11.0 Å². The van der Waals surface area contributed by atoms with Crippen molar-refractivity contribution >= 4 is 39.9 Å². The first-order valence-electron chi connectivity index (χ1n) is 3.43. The number of aliphatic imine (C=N–C) groups is 1. The summed E-state index contributed by atoms with van der Waals surface area (Å²) in [5.74, 6) is 0.519. The van der Waals surface area contributed by atoms with Crippen LogP contribution in [0.4, 0.5) is 0 Å². The molecule has 1 aromatic heterocycles. The molecule has 0 amide bonds. The fraction of sp³-hybridized carbons (Fsp3) is 0.333. The van der Waals surface area contributed by atoms with Crippen molar-refractivity contribution in [3.8, 4) is 0 Å². The first kappa shape index (κ1) is 8.24. The number of nitrogens with two attached hydrogens (primary N) is 1. The standard InChI is InChI=1S/C6H7IN4S/c7-4-2-9-5(12-4)3-1-10-6(8)11-3/h2-3H,1H2,(H3,8,10,11). The summed E-state index contributed by atoms with van der Waals surface area (Å²) in [5, 5.41) is 4.11. The molecule has 0 aromatic carbocycles. The highest BCUT2D eigenvalue weighted by Crippen LogP contribution is 2.23. The third-order valence-electron chi connectivity index (χ3n) is 1.56. The number of hydrogen-bond acceptors (Lipinski definition) is 5. The molecule has 3 N–H and O–H groups in total. The fourth-order valence-corrected chi connectivity index (χ4v) is 2.53. The zero-order chi connectivity index (χ0) is 8.55. The molecule has 1 aliphatic rings. The quantitative estimate of drug-likeness (QED) is 0.750. The van der Waals surface area contributed by atoms with Crippen LogP contribution < -0.4 is 11.1 Å². The van der Waals surface area contributed by atoms with Crippen molar-refractivity contribution < 1.29 is 0 Å². The van der Waals surface area contributed by atoms with Gasteiger partial charge in [-0.2, -0.15) is 0 Å². The van der Waals surface area contributed by atoms with Gasteiger partial charge < -0.3 is 11.1 Å². The Kier molecular flexibility index (Phi) is 2.18. The van der Waals surface area contributed by atoms with Crippen LogP contribution in [0.3, 0.4) is 0 Å². The van der Waals surface area contributed by atoms with Gasteiger partial charge in [0, 0.05) is 0 Å². The molecule has 12 heavy (non-hydrogen) atoms. The summed E-state index contributed by atoms with van der Waals surface area (Å²) >= 11 is 3.92. The van der Waals surface area contributed by atoms with Crippen LogP contribution in [0.5, 0.6) is 0 Å². The molecule has 4 nitrogen and oxygen atoms in total. The summed E-state index contributed by atoms with van der Waals surface area (Å²) in [6.45, 7) is 0.704. The molecule has 0 bridgehead atoms. The van der Waals surface area contributed by atoms with Crippen LogP contribution in [0.2, 0.25) is 0 Å². The molecular weight excluding hydrogens is 287 g/mol. The van der Waals surface area contributed by atoms with E-state index in [-0.39, 0.29) is 6.04 Å². The second kappa shape index (κ2) is 3.17. The maximum Gasteiger partial charge on any atom is 0.189 e. The molecule has 1 aromatic rings. The van der Waals surface area contributed by atoms with Crippen molar-refractivity contribution in [3.05, 3.63) is 14.1 Å². The second-order valence-corrected chi connectivity index (χ2v) is 5.38. The first-order chi connectivity index (χ1) is 5.75. The molecular formula is C6H7IN4S. The topological polar surface area (TPSA) is 63.3 Å². The molecule has 6 heteroatoms. The molecule has 2 rings (SSSR count). The van der Waals surface area contributed by atoms with Gasteiger partial charge in [-0.1, -0.05) is 0 Å². The monoisotopic (exact) mass is 294 g/mol. The highest BCUT2D eigenvalue weighted by atomic mass is 127. The van der Waals surface area contributed by atoms with E-state index in [9.17, 15) is 0 Å². The molecule has 0 fully saturated rings. The molecule has 0 aliphatic carbocycles. The first-order valence-corrected chi connectivity index (χ1v) is 5.33. The minimum Gasteiger partial charge on any atom is -0.370 e. The molecule has 0 radical (unpaired) electrons. The second-order valence-electron chi connectivity index (χ2n) is 2.43. The third-order valence-corrected chi connectivity index (χ3v) is 3.40. The Balaban J connectivity index is 2.13. The Morgan fingerprint density at radius 3 is 3.08 bits per heavy atom. The number of rotatable bonds is 1. The summed E-state index contributed by atoms with van der Waals surface area (Å²) in [6, 6.07) is 0.193. The van der Waals surface area contributed by atoms with Crippen LogP contribution in [-0.2, 0) is 0 Å². The lowest BCUT2D eigenvalue weighted by atomic mass is 10.3. The van der Waals surface area contributed by atoms with Crippen LogP contribution in [0.25, 0.3) is 0 Å². The van der Waals surface area contributed by atoms with E-state index in [2.05, 4.69) is 37.9 Å². The molecule has 1 aliphatic heterocycles. The van der Waals surface area contributed by atoms with Gasteiger partial charge in [-0.3, -0.25) is 4.99 Å². The SMILES string of the molecule is NC1=NCC(c2ncc(I)s2)N1. The predicted molar refractivity (Wildman–Crippen MR) is 57.2 cm³/mol. The van der Waals surface area contributed by atoms with Crippen LogP contribution in [0, 0.1) is 2.88 Å². The predicted octanol–water partition coefficient (Wildman–Crippen LogP) is 0.707. The third kappa shape index (κ3) is 1.53. The summed E-state index contributed by atoms with van der Waals surface area (Å²) in [5.41, 5.74) is 5.48. The molecule has 1 atom stereocenters. The number of hydrogen-bond donors (Lipinski definition) is 2. The van der Waals surface area contributed by atoms with E-state index in [1.165, 1.54) is 2.88 Å². The van der Waals surface area contributed by atoms with E-state index in [0.29, 0.717) is 12.5 Å². The van der Waals surface area contributed by atoms with Crippen LogP contribution in [-0.4, -0.2) is 17.5 Å². The maximum atomic E-state index is 5.48. The summed E-state index contributed by atoms with van der Waals surface area (Å²) in [4.78, 5) is 8.30. The molecule has 0 saturated heterocycles. The van der Waals surface area contributed by atoms with E-state index >= 15 is 0 Å². The van der Waals surface area contributed by atoms with Crippen molar-refractivity contribution in [1.29, 1.82) is 0 Å². The maximum absolute atomic E-state index is 5.48. The number of nitrogens with one attached hydrogen (secondary N) is 1. The molecule has 0 saturated carbocycles. The van der Waals surface area contributed by atoms with Crippen molar-refractivity contribution in [1.82, 2.24) is 10.3 Å². The van der Waals surface area contributed by atoms with Crippen LogP contribution >= 0.6 is 33.9 Å². The number of thiazole rings is 1. The number of aromatic nitrogens is 1. The van der Waals surface area contributed by atoms with Gasteiger partial charge in [-0.05, 0) is 22.6 Å².